The van der Waals surface area contributed by atoms with E-state index in [-0.39, 0.29) is 39.2 Å². The highest BCUT2D eigenvalue weighted by atomic mass is 35.5. The maximum Gasteiger partial charge on any atom is 0.416 e. The van der Waals surface area contributed by atoms with E-state index in [0.29, 0.717) is 12.1 Å². The molecule has 2 N–H and O–H groups in total. The summed E-state index contributed by atoms with van der Waals surface area (Å²) in [6, 6.07) is 7.66. The van der Waals surface area contributed by atoms with Crippen molar-refractivity contribution in [3.05, 3.63) is 93.0 Å². The summed E-state index contributed by atoms with van der Waals surface area (Å²) in [6.45, 7) is 3.12. The van der Waals surface area contributed by atoms with Crippen molar-refractivity contribution in [2.24, 2.45) is 0 Å². The van der Waals surface area contributed by atoms with Gasteiger partial charge in [-0.05, 0) is 69.3 Å². The first-order valence-corrected chi connectivity index (χ1v) is 12.7. The molecule has 3 aromatic rings. The first-order chi connectivity index (χ1) is 20.0. The molecule has 0 aromatic heterocycles. The van der Waals surface area contributed by atoms with Crippen molar-refractivity contribution in [2.75, 3.05) is 18.5 Å². The molecule has 0 saturated heterocycles. The Bertz CT molecular complexity index is 1640. The second-order valence-electron chi connectivity index (χ2n) is 9.58. The fourth-order valence-electron chi connectivity index (χ4n) is 3.59. The number of amides is 1. The minimum absolute atomic E-state index is 0.0262. The number of anilines is 1. The van der Waals surface area contributed by atoms with Crippen molar-refractivity contribution in [1.82, 2.24) is 0 Å². The highest BCUT2D eigenvalue weighted by molar-refractivity contribution is 6.31. The normalized spacial score (nSPS) is 11.4. The van der Waals surface area contributed by atoms with Crippen LogP contribution in [0.3, 0.4) is 0 Å². The molecule has 0 fully saturated rings. The summed E-state index contributed by atoms with van der Waals surface area (Å²) < 4.78 is 78.8. The third kappa shape index (κ3) is 9.01. The number of carboxylic acid groups (broad SMARTS) is 1. The topological polar surface area (TPSA) is 102 Å². The van der Waals surface area contributed by atoms with Gasteiger partial charge < -0.3 is 19.9 Å². The van der Waals surface area contributed by atoms with Crippen LogP contribution in [0.5, 0.6) is 5.75 Å². The molecule has 0 radical (unpaired) electrons. The van der Waals surface area contributed by atoms with Gasteiger partial charge >= 0.3 is 12.1 Å². The second-order valence-corrected chi connectivity index (χ2v) is 10.0. The van der Waals surface area contributed by atoms with E-state index in [1.54, 1.807) is 0 Å². The molecule has 13 heteroatoms. The number of benzene rings is 3. The number of ketones is 1. The summed E-state index contributed by atoms with van der Waals surface area (Å²) in [5, 5.41) is 11.2. The Morgan fingerprint density at radius 2 is 1.70 bits per heavy atom. The lowest BCUT2D eigenvalue weighted by Gasteiger charge is -2.17. The lowest BCUT2D eigenvalue weighted by atomic mass is 10.00. The van der Waals surface area contributed by atoms with E-state index in [4.69, 9.17) is 26.2 Å². The number of hydrogen-bond acceptors (Lipinski definition) is 5. The van der Waals surface area contributed by atoms with Crippen LogP contribution in [0.25, 0.3) is 0 Å². The van der Waals surface area contributed by atoms with Crippen LogP contribution in [-0.2, 0) is 20.5 Å². The number of carbonyl (C=O) groups is 3. The largest absolute Gasteiger partial charge is 0.483 e. The first kappa shape index (κ1) is 33.0. The Balaban J connectivity index is 1.76. The molecule has 0 atom stereocenters. The summed E-state index contributed by atoms with van der Waals surface area (Å²) in [6.07, 6.45) is -4.90. The Morgan fingerprint density at radius 1 is 1.00 bits per heavy atom. The van der Waals surface area contributed by atoms with E-state index in [0.717, 1.165) is 6.07 Å². The van der Waals surface area contributed by atoms with Gasteiger partial charge in [0.1, 0.15) is 29.6 Å². The molecule has 0 spiro atoms. The van der Waals surface area contributed by atoms with E-state index >= 15 is 0 Å². The zero-order valence-corrected chi connectivity index (χ0v) is 23.5. The monoisotopic (exact) mass is 623 g/mol. The van der Waals surface area contributed by atoms with Crippen molar-refractivity contribution in [3.63, 3.8) is 0 Å². The fraction of sp³-hybridized carbons (Fsp3) is 0.233. The quantitative estimate of drug-likeness (QED) is 0.162. The number of carboxylic acids is 1. The van der Waals surface area contributed by atoms with Gasteiger partial charge in [-0.25, -0.2) is 13.6 Å². The SMILES string of the molecule is Cc1c(NC(=O)COc2ccc(Cl)cc2C(=O)c2cc(F)cc(C(F)(F)F)c2)ccc(C#CC(C)(C)OCC(=O)O)c1F. The van der Waals surface area contributed by atoms with Gasteiger partial charge in [-0.15, -0.1) is 0 Å². The van der Waals surface area contributed by atoms with E-state index in [2.05, 4.69) is 17.2 Å². The molecule has 0 aliphatic rings. The average molecular weight is 624 g/mol. The molecule has 0 bridgehead atoms. The van der Waals surface area contributed by atoms with E-state index in [1.807, 2.05) is 0 Å². The molecule has 0 aliphatic heterocycles. The molecule has 3 aromatic carbocycles. The van der Waals surface area contributed by atoms with Gasteiger partial charge in [-0.1, -0.05) is 23.4 Å². The fourth-order valence-corrected chi connectivity index (χ4v) is 3.76. The molecule has 0 heterocycles. The van der Waals surface area contributed by atoms with Crippen LogP contribution in [0.2, 0.25) is 5.02 Å². The van der Waals surface area contributed by atoms with Crippen molar-refractivity contribution >= 4 is 34.9 Å². The van der Waals surface area contributed by atoms with Crippen LogP contribution < -0.4 is 10.1 Å². The van der Waals surface area contributed by atoms with E-state index in [1.165, 1.54) is 45.0 Å². The minimum atomic E-state index is -4.90. The van der Waals surface area contributed by atoms with Crippen LogP contribution in [0.4, 0.5) is 27.6 Å². The summed E-state index contributed by atoms with van der Waals surface area (Å²) >= 11 is 5.96. The van der Waals surface area contributed by atoms with Crippen LogP contribution >= 0.6 is 11.6 Å². The van der Waals surface area contributed by atoms with Crippen LogP contribution in [0, 0.1) is 30.4 Å². The molecule has 226 valence electrons. The molecular formula is C30H23ClF5NO6. The molecular weight excluding hydrogens is 601 g/mol. The van der Waals surface area contributed by atoms with E-state index < -0.39 is 65.4 Å². The van der Waals surface area contributed by atoms with Gasteiger partial charge in [0.25, 0.3) is 5.91 Å². The molecule has 7 nitrogen and oxygen atoms in total. The summed E-state index contributed by atoms with van der Waals surface area (Å²) in [4.78, 5) is 36.3. The van der Waals surface area contributed by atoms with Gasteiger partial charge in [0.05, 0.1) is 16.7 Å². The summed E-state index contributed by atoms with van der Waals surface area (Å²) in [7, 11) is 0. The van der Waals surface area contributed by atoms with Crippen molar-refractivity contribution in [3.8, 4) is 17.6 Å². The summed E-state index contributed by atoms with van der Waals surface area (Å²) in [5.74, 6) is -0.0168. The van der Waals surface area contributed by atoms with Crippen molar-refractivity contribution < 1.29 is 50.9 Å². The standard InChI is InChI=1S/C30H23ClF5NO6/c1-16-23(6-4-17(27(16)33)8-9-29(2,3)43-15-26(39)40)37-25(38)14-42-24-7-5-20(31)13-22(24)28(41)18-10-19(30(34,35)36)12-21(32)11-18/h4-7,10-13H,14-15H2,1-3H3,(H,37,38)(H,39,40). The number of hydrogen-bond donors (Lipinski definition) is 2. The lowest BCUT2D eigenvalue weighted by molar-refractivity contribution is -0.145. The van der Waals surface area contributed by atoms with Crippen LogP contribution in [0.1, 0.15) is 46.5 Å². The Hall–Kier alpha value is -4.47. The Labute approximate surface area is 247 Å². The van der Waals surface area contributed by atoms with E-state index in [9.17, 15) is 36.3 Å². The second kappa shape index (κ2) is 13.2. The number of aliphatic carboxylic acids is 1. The molecule has 0 saturated carbocycles. The van der Waals surface area contributed by atoms with Gasteiger partial charge in [-0.2, -0.15) is 13.2 Å². The number of carbonyl (C=O) groups excluding carboxylic acids is 2. The van der Waals surface area contributed by atoms with Crippen LogP contribution in [0.15, 0.2) is 48.5 Å². The number of halogens is 6. The number of ether oxygens (including phenoxy) is 2. The first-order valence-electron chi connectivity index (χ1n) is 12.3. The van der Waals surface area contributed by atoms with Crippen molar-refractivity contribution in [2.45, 2.75) is 32.5 Å². The predicted octanol–water partition coefficient (Wildman–Crippen LogP) is 6.43. The highest BCUT2D eigenvalue weighted by Gasteiger charge is 2.32. The predicted molar refractivity (Wildman–Crippen MR) is 146 cm³/mol. The van der Waals surface area contributed by atoms with Gasteiger partial charge in [0.2, 0.25) is 0 Å². The highest BCUT2D eigenvalue weighted by Crippen LogP contribution is 2.32. The zero-order chi connectivity index (χ0) is 32.1. The Kier molecular flexibility index (Phi) is 10.2. The minimum Gasteiger partial charge on any atom is -0.483 e. The molecule has 1 amide bonds. The maximum absolute atomic E-state index is 15.0. The molecule has 0 aliphatic carbocycles. The van der Waals surface area contributed by atoms with Gasteiger partial charge in [0.15, 0.2) is 12.4 Å². The van der Waals surface area contributed by atoms with Crippen molar-refractivity contribution in [1.29, 1.82) is 0 Å². The third-order valence-corrected chi connectivity index (χ3v) is 5.98. The smallest absolute Gasteiger partial charge is 0.416 e. The van der Waals surface area contributed by atoms with Gasteiger partial charge in [-0.3, -0.25) is 9.59 Å². The number of nitrogens with one attached hydrogen (secondary N) is 1. The average Bonchev–Trinajstić information content (AvgIpc) is 2.92. The zero-order valence-electron chi connectivity index (χ0n) is 22.8. The molecule has 3 rings (SSSR count). The Morgan fingerprint density at radius 3 is 2.35 bits per heavy atom. The number of alkyl halides is 3. The maximum atomic E-state index is 15.0. The summed E-state index contributed by atoms with van der Waals surface area (Å²) in [5.41, 5.74) is -3.42. The third-order valence-electron chi connectivity index (χ3n) is 5.75. The molecule has 43 heavy (non-hydrogen) atoms. The van der Waals surface area contributed by atoms with Crippen LogP contribution in [-0.4, -0.2) is 41.6 Å². The van der Waals surface area contributed by atoms with Gasteiger partial charge in [0, 0.05) is 21.8 Å². The lowest BCUT2D eigenvalue weighted by Crippen LogP contribution is -2.25. The number of rotatable bonds is 9. The molecule has 0 unspecified atom stereocenters.